The predicted octanol–water partition coefficient (Wildman–Crippen LogP) is 17.5. The lowest BCUT2D eigenvalue weighted by Crippen LogP contribution is -2.39. The van der Waals surface area contributed by atoms with Gasteiger partial charge in [0.1, 0.15) is 66.6 Å². The van der Waals surface area contributed by atoms with E-state index in [0.717, 1.165) is 134 Å². The molecule has 0 aliphatic carbocycles. The number of anilines is 3. The summed E-state index contributed by atoms with van der Waals surface area (Å²) in [5.74, 6) is 0.224. The van der Waals surface area contributed by atoms with Crippen molar-refractivity contribution in [3.05, 3.63) is 285 Å². The van der Waals surface area contributed by atoms with Gasteiger partial charge in [0.15, 0.2) is 0 Å². The van der Waals surface area contributed by atoms with Gasteiger partial charge in [-0.25, -0.2) is 38.7 Å². The molecule has 19 rings (SSSR count). The lowest BCUT2D eigenvalue weighted by atomic mass is 9.89. The minimum atomic E-state index is -0.488. The van der Waals surface area contributed by atoms with Crippen LogP contribution in [-0.2, 0) is 19.2 Å². The van der Waals surface area contributed by atoms with Crippen molar-refractivity contribution in [2.45, 2.75) is 88.0 Å². The largest absolute Gasteiger partial charge is 0.467 e. The van der Waals surface area contributed by atoms with E-state index in [2.05, 4.69) is 95.3 Å². The van der Waals surface area contributed by atoms with Crippen molar-refractivity contribution in [1.29, 1.82) is 0 Å². The Kier molecular flexibility index (Phi) is 32.5. The molecule has 1 atom stereocenters. The number of aliphatic hydroxyl groups is 4. The zero-order valence-corrected chi connectivity index (χ0v) is 78.6. The second-order valence-electron chi connectivity index (χ2n) is 33.4. The number of halogens is 6. The number of aromatic nitrogens is 16. The van der Waals surface area contributed by atoms with Crippen LogP contribution in [0, 0.1) is 11.6 Å². The molecule has 714 valence electrons. The molecule has 15 aromatic rings. The molecule has 10 N–H and O–H groups in total. The number of H-pyrrole nitrogens is 4. The number of aromatic amines is 4. The van der Waals surface area contributed by atoms with Gasteiger partial charge in [-0.2, -0.15) is 30.4 Å². The fourth-order valence-corrected chi connectivity index (χ4v) is 18.0. The van der Waals surface area contributed by atoms with Crippen molar-refractivity contribution in [3.63, 3.8) is 0 Å². The number of benzene rings is 7. The average molecular weight is 1960 g/mol. The van der Waals surface area contributed by atoms with Crippen LogP contribution in [0.4, 0.5) is 26.4 Å². The lowest BCUT2D eigenvalue weighted by molar-refractivity contribution is -0.135. The number of likely N-dealkylation sites (tertiary alicyclic amines) is 4. The van der Waals surface area contributed by atoms with Crippen LogP contribution in [0.25, 0.3) is 90.1 Å². The van der Waals surface area contributed by atoms with Gasteiger partial charge in [-0.05, 0) is 185 Å². The Labute approximate surface area is 818 Å². The number of methoxy groups -OCH3 is 1. The van der Waals surface area contributed by atoms with Crippen LogP contribution in [0.5, 0.6) is 17.8 Å². The first-order valence-corrected chi connectivity index (χ1v) is 46.7. The van der Waals surface area contributed by atoms with Crippen molar-refractivity contribution >= 4 is 87.6 Å². The van der Waals surface area contributed by atoms with Crippen molar-refractivity contribution in [1.82, 2.24) is 100 Å². The quantitative estimate of drug-likeness (QED) is 0.0269. The highest BCUT2D eigenvalue weighted by Crippen LogP contribution is 2.46. The molecule has 139 heavy (non-hydrogen) atoms. The minimum absolute atomic E-state index is 0.0318. The van der Waals surface area contributed by atoms with Gasteiger partial charge in [0, 0.05) is 194 Å². The van der Waals surface area contributed by atoms with Crippen LogP contribution in [0.3, 0.4) is 0 Å². The summed E-state index contributed by atoms with van der Waals surface area (Å²) in [4.78, 5) is 90.3. The number of aliphatic hydroxyl groups excluding tert-OH is 4. The van der Waals surface area contributed by atoms with Gasteiger partial charge < -0.3 is 60.1 Å². The fraction of sp³-hybridized carbons (Fsp3) is 0.267. The molecule has 4 aliphatic rings. The van der Waals surface area contributed by atoms with Gasteiger partial charge in [0.05, 0.1) is 35.9 Å². The van der Waals surface area contributed by atoms with Crippen LogP contribution in [0.1, 0.15) is 116 Å². The molecule has 32 nitrogen and oxygen atoms in total. The molecule has 0 unspecified atom stereocenters. The number of hydrogen-bond donors (Lipinski definition) is 10. The van der Waals surface area contributed by atoms with Crippen LogP contribution >= 0.6 is 46.4 Å². The Morgan fingerprint density at radius 2 is 0.676 bits per heavy atom. The molecule has 7 aromatic carbocycles. The fourth-order valence-electron chi connectivity index (χ4n) is 17.5. The van der Waals surface area contributed by atoms with E-state index < -0.39 is 26.4 Å². The Morgan fingerprint density at radius 3 is 1.01 bits per heavy atom. The number of amides is 4. The predicted molar refractivity (Wildman–Crippen MR) is 524 cm³/mol. The molecule has 0 bridgehead atoms. The summed E-state index contributed by atoms with van der Waals surface area (Å²) in [7, 11) is 1.53. The van der Waals surface area contributed by atoms with Crippen molar-refractivity contribution < 1.29 is 57.9 Å². The molecule has 4 saturated heterocycles. The highest BCUT2D eigenvalue weighted by atomic mass is 35.5. The van der Waals surface area contributed by atoms with E-state index in [0.29, 0.717) is 131 Å². The minimum Gasteiger partial charge on any atom is -0.467 e. The van der Waals surface area contributed by atoms with Crippen LogP contribution in [0.15, 0.2) is 225 Å². The Hall–Kier alpha value is -14.4. The molecule has 0 spiro atoms. The molecular formula is C101H98Cl4F2N22O10. The molecule has 0 saturated carbocycles. The third kappa shape index (κ3) is 24.1. The first kappa shape index (κ1) is 97.7. The number of rotatable bonds is 24. The molecule has 4 fully saturated rings. The Morgan fingerprint density at radius 1 is 0.381 bits per heavy atom. The van der Waals surface area contributed by atoms with Gasteiger partial charge >= 0.3 is 12.0 Å². The summed E-state index contributed by atoms with van der Waals surface area (Å²) in [5.41, 5.74) is 18.5. The number of carbonyl (C=O) groups excluding carboxylic acids is 4. The summed E-state index contributed by atoms with van der Waals surface area (Å²) < 4.78 is 37.6. The van der Waals surface area contributed by atoms with Crippen LogP contribution in [0.2, 0.25) is 20.1 Å². The second-order valence-corrected chi connectivity index (χ2v) is 35.1. The third-order valence-corrected chi connectivity index (χ3v) is 25.8. The normalized spacial score (nSPS) is 14.5. The first-order valence-electron chi connectivity index (χ1n) is 45.2. The van der Waals surface area contributed by atoms with Crippen molar-refractivity contribution in [2.24, 2.45) is 0 Å². The van der Waals surface area contributed by atoms with Gasteiger partial charge in [-0.3, -0.25) is 39.6 Å². The van der Waals surface area contributed by atoms with Crippen LogP contribution < -0.4 is 20.1 Å². The highest BCUT2D eigenvalue weighted by molar-refractivity contribution is 6.31. The van der Waals surface area contributed by atoms with E-state index in [1.54, 1.807) is 74.7 Å². The monoisotopic (exact) mass is 1960 g/mol. The number of nitrogens with zero attached hydrogens (tertiary/aromatic N) is 16. The summed E-state index contributed by atoms with van der Waals surface area (Å²) in [6, 6.07) is 59.5. The summed E-state index contributed by atoms with van der Waals surface area (Å²) in [5, 5.41) is 77.4. The van der Waals surface area contributed by atoms with E-state index in [4.69, 9.17) is 76.1 Å². The van der Waals surface area contributed by atoms with E-state index in [1.165, 1.54) is 43.5 Å². The smallest absolute Gasteiger partial charge is 0.322 e. The zero-order chi connectivity index (χ0) is 97.0. The standard InChI is InChI=1S/C28H29ClN6O2.C26H24ClFN6O2.C26H23ClFN5O3.C21H22ClN5O3/c1-18(19-5-3-2-4-6-19)31-28-30-14-11-23(32-28)25-26(20-7-9-22(29)10-8-20)33-34-27(25)21-12-15-35(16-13-21)24(37)17-36;27-18-3-1-16(2-4-18)24-23(25(33-32-24)17-10-13-34(14-11-17)22(36)15-35)21-9-12-29-26(31-21)30-20-7-5-19(28)6-8-20;27-18-3-1-16(2-4-18)24-23(25(32-31-24)17-10-13-33(14-11-17)22(35)15-34)21-9-12-29-26(30-21)36-20-7-5-19(28)6-8-20;1-30-21-23-9-6-16(24-21)18-19(13-2-4-15(22)5-3-13)25-26-20(18)14-7-10-27(11-8-14)17(29)12-28/h2-11,14,18,21,36H,12-13,15-17H2,1H3,(H,33,34)(H,30,31,32);1-9,12,17,35H,10-11,13-15H2,(H,32,33)(H,29,30,31);1-9,12,17,34H,10-11,13-15H2,(H,31,32);2-6,9,14,28H,7-8,10-12H2,1H3,(H,25,26)/t18-;;;/m0.../s1. The van der Waals surface area contributed by atoms with Crippen molar-refractivity contribution in [2.75, 3.05) is 96.5 Å². The van der Waals surface area contributed by atoms with Gasteiger partial charge in [-0.15, -0.1) is 0 Å². The number of ether oxygens (including phenoxy) is 2. The summed E-state index contributed by atoms with van der Waals surface area (Å²) >= 11 is 24.4. The lowest BCUT2D eigenvalue weighted by Gasteiger charge is -2.31. The molecule has 38 heteroatoms. The molecular weight excluding hydrogens is 1860 g/mol. The van der Waals surface area contributed by atoms with E-state index in [1.807, 2.05) is 121 Å². The maximum atomic E-state index is 13.3. The maximum Gasteiger partial charge on any atom is 0.322 e. The van der Waals surface area contributed by atoms with Gasteiger partial charge in [0.2, 0.25) is 35.5 Å². The molecule has 8 aromatic heterocycles. The third-order valence-electron chi connectivity index (χ3n) is 24.8. The number of hydrogen-bond acceptors (Lipinski definition) is 24. The SMILES string of the molecule is COc1nccc(-c2c(-c3ccc(Cl)cc3)n[nH]c2C2CCN(C(=O)CO)CC2)n1.C[C@H](Nc1nccc(-c2c(-c3ccc(Cl)cc3)n[nH]c2C2CCN(C(=O)CO)CC2)n1)c1ccccc1.O=C(CO)N1CCC(c2[nH]nc(-c3ccc(Cl)cc3)c2-c2ccnc(Nc3ccc(F)cc3)n2)CC1.O=C(CO)N1CCC(c2[nH]nc(-c3ccc(Cl)cc3)c2-c2ccnc(Oc3ccc(F)cc3)n2)CC1. The zero-order valence-electron chi connectivity index (χ0n) is 75.6. The highest BCUT2D eigenvalue weighted by Gasteiger charge is 2.36. The Bertz CT molecular complexity index is 6470. The molecule has 0 radical (unpaired) electrons. The maximum absolute atomic E-state index is 13.3. The Balaban J connectivity index is 0.000000134. The van der Waals surface area contributed by atoms with E-state index >= 15 is 0 Å². The number of piperidine rings is 4. The van der Waals surface area contributed by atoms with Crippen LogP contribution in [-0.4, -0.2) is 230 Å². The van der Waals surface area contributed by atoms with Crippen molar-refractivity contribution in [3.8, 4) is 108 Å². The average Bonchev–Trinajstić information content (AvgIpc) is 1.64. The van der Waals surface area contributed by atoms with Gasteiger partial charge in [0.25, 0.3) is 0 Å². The first-order chi connectivity index (χ1) is 67.7. The molecule has 4 amide bonds. The summed E-state index contributed by atoms with van der Waals surface area (Å²) in [6.45, 7) is 4.74. The number of nitrogens with one attached hydrogen (secondary N) is 6. The topological polar surface area (TPSA) is 423 Å². The molecule has 12 heterocycles. The summed E-state index contributed by atoms with van der Waals surface area (Å²) in [6.07, 6.45) is 12.6. The molecule has 4 aliphatic heterocycles. The van der Waals surface area contributed by atoms with Gasteiger partial charge in [-0.1, -0.05) is 125 Å². The van der Waals surface area contributed by atoms with E-state index in [-0.39, 0.29) is 77.0 Å². The second kappa shape index (κ2) is 46.2. The number of carbonyl (C=O) groups is 4. The van der Waals surface area contributed by atoms with E-state index in [9.17, 15) is 43.3 Å².